The number of rotatable bonds is 7. The van der Waals surface area contributed by atoms with E-state index in [2.05, 4.69) is 15.3 Å². The average molecular weight is 443 g/mol. The molecule has 0 spiro atoms. The summed E-state index contributed by atoms with van der Waals surface area (Å²) >= 11 is 1.18. The lowest BCUT2D eigenvalue weighted by atomic mass is 10.2. The van der Waals surface area contributed by atoms with Crippen LogP contribution in [0.15, 0.2) is 52.5 Å². The summed E-state index contributed by atoms with van der Waals surface area (Å²) in [5, 5.41) is 2.90. The van der Waals surface area contributed by atoms with Crippen LogP contribution in [0.3, 0.4) is 0 Å². The Morgan fingerprint density at radius 1 is 1.35 bits per heavy atom. The van der Waals surface area contributed by atoms with E-state index in [0.717, 1.165) is 12.8 Å². The first-order valence-electron chi connectivity index (χ1n) is 10.3. The largest absolute Gasteiger partial charge is 0.376 e. The third kappa shape index (κ3) is 4.77. The number of carbonyl (C=O) groups is 1. The van der Waals surface area contributed by atoms with Crippen molar-refractivity contribution in [2.45, 2.75) is 49.2 Å². The number of hydrogen-bond donors (Lipinski definition) is 1. The van der Waals surface area contributed by atoms with E-state index in [1.807, 2.05) is 6.92 Å². The standard InChI is InChI=1S/C22H23FN4O3S/c1-2-18(20(28)25-17-10-4-3-9-16(17)23)31-22-26-19-15(8-5-11-24-19)21(29)27(22)13-14-7-6-12-30-14/h3-5,8-11,14,18H,2,6-7,12-13H2,1H3,(H,25,28). The van der Waals surface area contributed by atoms with E-state index < -0.39 is 11.1 Å². The smallest absolute Gasteiger partial charge is 0.263 e. The molecule has 0 radical (unpaired) electrons. The molecule has 1 aromatic carbocycles. The fourth-order valence-corrected chi connectivity index (χ4v) is 4.52. The van der Waals surface area contributed by atoms with Gasteiger partial charge in [0.25, 0.3) is 5.56 Å². The molecule has 1 N–H and O–H groups in total. The second-order valence-corrected chi connectivity index (χ2v) is 8.47. The zero-order valence-electron chi connectivity index (χ0n) is 17.1. The van der Waals surface area contributed by atoms with Crippen LogP contribution in [0.2, 0.25) is 0 Å². The minimum absolute atomic E-state index is 0.0692. The maximum Gasteiger partial charge on any atom is 0.263 e. The van der Waals surface area contributed by atoms with E-state index in [4.69, 9.17) is 4.74 Å². The number of pyridine rings is 1. The summed E-state index contributed by atoms with van der Waals surface area (Å²) in [7, 11) is 0. The normalized spacial score (nSPS) is 17.0. The molecule has 1 amide bonds. The molecule has 2 aromatic heterocycles. The highest BCUT2D eigenvalue weighted by atomic mass is 32.2. The van der Waals surface area contributed by atoms with E-state index in [9.17, 15) is 14.0 Å². The minimum Gasteiger partial charge on any atom is -0.376 e. The molecule has 1 aliphatic rings. The third-order valence-corrected chi connectivity index (χ3v) is 6.50. The molecule has 31 heavy (non-hydrogen) atoms. The number of hydrogen-bond acceptors (Lipinski definition) is 6. The van der Waals surface area contributed by atoms with Crippen molar-refractivity contribution >= 4 is 34.4 Å². The molecule has 162 valence electrons. The van der Waals surface area contributed by atoms with Gasteiger partial charge in [-0.05, 0) is 43.5 Å². The molecule has 1 fully saturated rings. The highest BCUT2D eigenvalue weighted by Crippen LogP contribution is 2.27. The van der Waals surface area contributed by atoms with Crippen LogP contribution in [-0.2, 0) is 16.1 Å². The Morgan fingerprint density at radius 3 is 2.94 bits per heavy atom. The van der Waals surface area contributed by atoms with Crippen LogP contribution in [0.4, 0.5) is 10.1 Å². The van der Waals surface area contributed by atoms with Crippen LogP contribution in [0, 0.1) is 5.82 Å². The summed E-state index contributed by atoms with van der Waals surface area (Å²) in [6, 6.07) is 9.41. The van der Waals surface area contributed by atoms with Crippen LogP contribution < -0.4 is 10.9 Å². The van der Waals surface area contributed by atoms with Gasteiger partial charge >= 0.3 is 0 Å². The molecule has 0 saturated carbocycles. The highest BCUT2D eigenvalue weighted by Gasteiger charge is 2.25. The summed E-state index contributed by atoms with van der Waals surface area (Å²) in [6.07, 6.45) is 3.80. The second kappa shape index (κ2) is 9.57. The fraction of sp³-hybridized carbons (Fsp3) is 0.364. The molecule has 4 rings (SSSR count). The lowest BCUT2D eigenvalue weighted by molar-refractivity contribution is -0.115. The van der Waals surface area contributed by atoms with Gasteiger partial charge in [0.05, 0.1) is 29.0 Å². The number of nitrogens with one attached hydrogen (secondary N) is 1. The Morgan fingerprint density at radius 2 is 2.19 bits per heavy atom. The molecule has 3 heterocycles. The monoisotopic (exact) mass is 442 g/mol. The van der Waals surface area contributed by atoms with Gasteiger partial charge in [-0.25, -0.2) is 14.4 Å². The van der Waals surface area contributed by atoms with Gasteiger partial charge in [0.15, 0.2) is 10.8 Å². The SMILES string of the molecule is CCC(Sc1nc2ncccc2c(=O)n1CC1CCCO1)C(=O)Nc1ccccc1F. The van der Waals surface area contributed by atoms with Crippen LogP contribution in [-0.4, -0.2) is 38.4 Å². The number of halogens is 1. The summed E-state index contributed by atoms with van der Waals surface area (Å²) < 4.78 is 21.3. The van der Waals surface area contributed by atoms with E-state index >= 15 is 0 Å². The first-order valence-corrected chi connectivity index (χ1v) is 11.1. The maximum atomic E-state index is 14.0. The summed E-state index contributed by atoms with van der Waals surface area (Å²) in [5.41, 5.74) is 0.250. The van der Waals surface area contributed by atoms with Crippen LogP contribution in [0.5, 0.6) is 0 Å². The molecule has 1 aliphatic heterocycles. The van der Waals surface area contributed by atoms with Crippen molar-refractivity contribution in [2.75, 3.05) is 11.9 Å². The van der Waals surface area contributed by atoms with Crippen molar-refractivity contribution < 1.29 is 13.9 Å². The van der Waals surface area contributed by atoms with Crippen molar-refractivity contribution in [1.29, 1.82) is 0 Å². The molecule has 0 aliphatic carbocycles. The number of thioether (sulfide) groups is 1. The van der Waals surface area contributed by atoms with Gasteiger partial charge in [-0.3, -0.25) is 14.2 Å². The number of anilines is 1. The number of carbonyl (C=O) groups excluding carboxylic acids is 1. The van der Waals surface area contributed by atoms with Gasteiger partial charge in [-0.15, -0.1) is 0 Å². The minimum atomic E-state index is -0.566. The van der Waals surface area contributed by atoms with Crippen LogP contribution in [0.25, 0.3) is 11.0 Å². The Kier molecular flexibility index (Phi) is 6.62. The van der Waals surface area contributed by atoms with Crippen molar-refractivity contribution in [1.82, 2.24) is 14.5 Å². The number of fused-ring (bicyclic) bond motifs is 1. The lowest BCUT2D eigenvalue weighted by Gasteiger charge is -2.19. The first-order chi connectivity index (χ1) is 15.1. The predicted octanol–water partition coefficient (Wildman–Crippen LogP) is 3.62. The van der Waals surface area contributed by atoms with Crippen molar-refractivity contribution in [3.8, 4) is 0 Å². The van der Waals surface area contributed by atoms with Crippen LogP contribution >= 0.6 is 11.8 Å². The molecule has 2 unspecified atom stereocenters. The van der Waals surface area contributed by atoms with Crippen molar-refractivity contribution in [2.24, 2.45) is 0 Å². The average Bonchev–Trinajstić information content (AvgIpc) is 3.29. The van der Waals surface area contributed by atoms with Crippen molar-refractivity contribution in [3.63, 3.8) is 0 Å². The Labute approximate surface area is 183 Å². The van der Waals surface area contributed by atoms with Gasteiger partial charge in [0.1, 0.15) is 5.82 Å². The summed E-state index contributed by atoms with van der Waals surface area (Å²) in [6.45, 7) is 2.90. The molecular weight excluding hydrogens is 419 g/mol. The molecule has 2 atom stereocenters. The maximum absolute atomic E-state index is 14.0. The van der Waals surface area contributed by atoms with Gasteiger partial charge in [-0.1, -0.05) is 30.8 Å². The van der Waals surface area contributed by atoms with E-state index in [0.29, 0.717) is 35.8 Å². The number of para-hydroxylation sites is 1. The Hall–Kier alpha value is -2.78. The third-order valence-electron chi connectivity index (χ3n) is 5.15. The zero-order chi connectivity index (χ0) is 21.8. The molecular formula is C22H23FN4O3S. The fourth-order valence-electron chi connectivity index (χ4n) is 3.50. The molecule has 0 bridgehead atoms. The number of amides is 1. The number of aromatic nitrogens is 3. The van der Waals surface area contributed by atoms with E-state index in [-0.39, 0.29) is 23.3 Å². The van der Waals surface area contributed by atoms with Crippen molar-refractivity contribution in [3.05, 3.63) is 58.8 Å². The summed E-state index contributed by atoms with van der Waals surface area (Å²) in [4.78, 5) is 34.8. The van der Waals surface area contributed by atoms with Gasteiger partial charge in [-0.2, -0.15) is 0 Å². The van der Waals surface area contributed by atoms with Crippen LogP contribution in [0.1, 0.15) is 26.2 Å². The number of benzene rings is 1. The number of nitrogens with zero attached hydrogens (tertiary/aromatic N) is 3. The number of ether oxygens (including phenoxy) is 1. The summed E-state index contributed by atoms with van der Waals surface area (Å²) in [5.74, 6) is -0.851. The van der Waals surface area contributed by atoms with Gasteiger partial charge in [0.2, 0.25) is 5.91 Å². The predicted molar refractivity (Wildman–Crippen MR) is 118 cm³/mol. The molecule has 7 nitrogen and oxygen atoms in total. The van der Waals surface area contributed by atoms with E-state index in [1.54, 1.807) is 35.0 Å². The van der Waals surface area contributed by atoms with Gasteiger partial charge < -0.3 is 10.1 Å². The first kappa shape index (κ1) is 21.5. The quantitative estimate of drug-likeness (QED) is 0.444. The topological polar surface area (TPSA) is 86.1 Å². The second-order valence-electron chi connectivity index (χ2n) is 7.30. The molecule has 3 aromatic rings. The molecule has 9 heteroatoms. The van der Waals surface area contributed by atoms with E-state index in [1.165, 1.54) is 23.9 Å². The Balaban J connectivity index is 1.65. The Bertz CT molecular complexity index is 1150. The van der Waals surface area contributed by atoms with Gasteiger partial charge in [0, 0.05) is 12.8 Å². The lowest BCUT2D eigenvalue weighted by Crippen LogP contribution is -2.31. The molecule has 1 saturated heterocycles. The zero-order valence-corrected chi connectivity index (χ0v) is 17.9. The highest BCUT2D eigenvalue weighted by molar-refractivity contribution is 8.00.